The third-order valence-corrected chi connectivity index (χ3v) is 1.85. The smallest absolute Gasteiger partial charge is 0.0615 e. The summed E-state index contributed by atoms with van der Waals surface area (Å²) in [5, 5.41) is 0. The summed E-state index contributed by atoms with van der Waals surface area (Å²) in [6.45, 7) is 0. The molecule has 1 aliphatic rings. The van der Waals surface area contributed by atoms with E-state index < -0.39 is 0 Å². The Bertz CT molecular complexity index is 190. The highest BCUT2D eigenvalue weighted by Gasteiger charge is 1.98. The number of hydrogen-bond donors (Lipinski definition) is 0. The highest BCUT2D eigenvalue weighted by Crippen LogP contribution is 2.19. The van der Waals surface area contributed by atoms with E-state index in [-0.39, 0.29) is 0 Å². The van der Waals surface area contributed by atoms with Crippen LogP contribution in [0.2, 0.25) is 0 Å². The molecule has 0 spiro atoms. The predicted molar refractivity (Wildman–Crippen MR) is 38.2 cm³/mol. The van der Waals surface area contributed by atoms with Gasteiger partial charge < -0.3 is 6.42 Å². The third kappa shape index (κ3) is 0.748. The Hall–Kier alpha value is -0.780. The molecule has 1 aliphatic carbocycles. The van der Waals surface area contributed by atoms with Crippen LogP contribution in [0.4, 0.5) is 0 Å². The molecule has 0 saturated heterocycles. The van der Waals surface area contributed by atoms with E-state index in [1.165, 1.54) is 24.0 Å². The molecule has 0 amide bonds. The van der Waals surface area contributed by atoms with Crippen LogP contribution < -0.4 is 0 Å². The van der Waals surface area contributed by atoms with Gasteiger partial charge in [-0.05, 0) is 0 Å². The molecule has 46 valence electrons. The van der Waals surface area contributed by atoms with E-state index in [2.05, 4.69) is 30.7 Å². The zero-order valence-corrected chi connectivity index (χ0v) is 5.30. The Morgan fingerprint density at radius 2 is 1.56 bits per heavy atom. The summed E-state index contributed by atoms with van der Waals surface area (Å²) in [6.07, 6.45) is 4.68. The first-order chi connectivity index (χ1) is 4.47. The molecule has 0 heteroatoms. The van der Waals surface area contributed by atoms with Crippen molar-refractivity contribution in [2.75, 3.05) is 0 Å². The van der Waals surface area contributed by atoms with Gasteiger partial charge >= 0.3 is 0 Å². The first-order valence-corrected chi connectivity index (χ1v) is 3.35. The maximum Gasteiger partial charge on any atom is -0.0615 e. The molecule has 0 heterocycles. The first kappa shape index (κ1) is 5.04. The molecule has 0 fully saturated rings. The average molecular weight is 117 g/mol. The van der Waals surface area contributed by atoms with Gasteiger partial charge in [-0.1, -0.05) is 35.4 Å². The zero-order chi connectivity index (χ0) is 6.10. The van der Waals surface area contributed by atoms with E-state index in [0.29, 0.717) is 0 Å². The van der Waals surface area contributed by atoms with E-state index in [9.17, 15) is 0 Å². The quantitative estimate of drug-likeness (QED) is 0.456. The molecular formula is C9H9-. The van der Waals surface area contributed by atoms with Crippen LogP contribution in [0, 0.1) is 6.42 Å². The van der Waals surface area contributed by atoms with Crippen molar-refractivity contribution in [1.82, 2.24) is 0 Å². The van der Waals surface area contributed by atoms with Crippen molar-refractivity contribution >= 4 is 0 Å². The molecule has 0 nitrogen and oxygen atoms in total. The van der Waals surface area contributed by atoms with Crippen LogP contribution in [0.25, 0.3) is 0 Å². The van der Waals surface area contributed by atoms with Gasteiger partial charge in [0, 0.05) is 0 Å². The third-order valence-electron chi connectivity index (χ3n) is 1.85. The highest BCUT2D eigenvalue weighted by atomic mass is 14.1. The van der Waals surface area contributed by atoms with Crippen molar-refractivity contribution in [3.05, 3.63) is 41.8 Å². The summed E-state index contributed by atoms with van der Waals surface area (Å²) in [5.41, 5.74) is 3.02. The van der Waals surface area contributed by atoms with Gasteiger partial charge in [0.15, 0.2) is 0 Å². The second kappa shape index (κ2) is 1.87. The van der Waals surface area contributed by atoms with Gasteiger partial charge in [0.05, 0.1) is 0 Å². The SMILES string of the molecule is c1ccc2c(c1)C[CH-]C2. The fraction of sp³-hybridized carbons (Fsp3) is 0.222. The van der Waals surface area contributed by atoms with Gasteiger partial charge in [0.25, 0.3) is 0 Å². The summed E-state index contributed by atoms with van der Waals surface area (Å²) in [5.74, 6) is 0. The van der Waals surface area contributed by atoms with Crippen LogP contribution in [0.15, 0.2) is 24.3 Å². The summed E-state index contributed by atoms with van der Waals surface area (Å²) in [7, 11) is 0. The number of fused-ring (bicyclic) bond motifs is 1. The average Bonchev–Trinajstić information content (AvgIpc) is 2.33. The van der Waals surface area contributed by atoms with Crippen LogP contribution in [0.3, 0.4) is 0 Å². The van der Waals surface area contributed by atoms with Gasteiger partial charge in [0.2, 0.25) is 0 Å². The molecule has 0 N–H and O–H groups in total. The Morgan fingerprint density at radius 1 is 1.00 bits per heavy atom. The van der Waals surface area contributed by atoms with E-state index in [4.69, 9.17) is 0 Å². The monoisotopic (exact) mass is 117 g/mol. The minimum Gasteiger partial charge on any atom is -0.320 e. The molecule has 0 bridgehead atoms. The van der Waals surface area contributed by atoms with Crippen molar-refractivity contribution in [2.45, 2.75) is 12.8 Å². The second-order valence-electron chi connectivity index (χ2n) is 2.47. The second-order valence-corrected chi connectivity index (χ2v) is 2.47. The summed E-state index contributed by atoms with van der Waals surface area (Å²) in [6, 6.07) is 8.63. The molecule has 0 aliphatic heterocycles. The first-order valence-electron chi connectivity index (χ1n) is 3.35. The minimum absolute atomic E-state index is 1.18. The van der Waals surface area contributed by atoms with Crippen LogP contribution in [-0.4, -0.2) is 0 Å². The predicted octanol–water partition coefficient (Wildman–Crippen LogP) is 1.99. The fourth-order valence-corrected chi connectivity index (χ4v) is 1.34. The molecule has 0 radical (unpaired) electrons. The normalized spacial score (nSPS) is 15.6. The van der Waals surface area contributed by atoms with Crippen LogP contribution in [0.1, 0.15) is 11.1 Å². The van der Waals surface area contributed by atoms with Crippen LogP contribution in [0.5, 0.6) is 0 Å². The Kier molecular flexibility index (Phi) is 1.05. The van der Waals surface area contributed by atoms with Gasteiger partial charge in [-0.25, -0.2) is 0 Å². The van der Waals surface area contributed by atoms with Crippen LogP contribution in [-0.2, 0) is 12.8 Å². The highest BCUT2D eigenvalue weighted by molar-refractivity contribution is 5.33. The van der Waals surface area contributed by atoms with Gasteiger partial charge in [-0.15, -0.1) is 0 Å². The lowest BCUT2D eigenvalue weighted by molar-refractivity contribution is 1.17. The van der Waals surface area contributed by atoms with E-state index in [0.717, 1.165) is 0 Å². The topological polar surface area (TPSA) is 0 Å². The van der Waals surface area contributed by atoms with Crippen molar-refractivity contribution in [1.29, 1.82) is 0 Å². The maximum absolute atomic E-state index is 2.32. The molecule has 0 saturated carbocycles. The maximum atomic E-state index is 2.32. The molecule has 9 heavy (non-hydrogen) atoms. The molecule has 2 rings (SSSR count). The molecule has 1 aromatic rings. The molecule has 0 atom stereocenters. The summed E-state index contributed by atoms with van der Waals surface area (Å²) in [4.78, 5) is 0. The van der Waals surface area contributed by atoms with Crippen LogP contribution >= 0.6 is 0 Å². The molecule has 0 aromatic heterocycles. The Labute approximate surface area is 55.5 Å². The van der Waals surface area contributed by atoms with E-state index in [1.54, 1.807) is 0 Å². The van der Waals surface area contributed by atoms with Crippen molar-refractivity contribution in [3.8, 4) is 0 Å². The molecule has 1 aromatic carbocycles. The van der Waals surface area contributed by atoms with Crippen molar-refractivity contribution in [2.24, 2.45) is 0 Å². The fourth-order valence-electron chi connectivity index (χ4n) is 1.34. The number of benzene rings is 1. The number of rotatable bonds is 0. The van der Waals surface area contributed by atoms with Gasteiger partial charge in [-0.2, -0.15) is 12.8 Å². The molecule has 0 unspecified atom stereocenters. The van der Waals surface area contributed by atoms with Crippen molar-refractivity contribution < 1.29 is 0 Å². The molecular weight excluding hydrogens is 108 g/mol. The lowest BCUT2D eigenvalue weighted by Gasteiger charge is -1.96. The standard InChI is InChI=1S/C9H9/c1-2-5-9-7-3-6-8(9)4-1/h1-5H,6-7H2/q-1. The zero-order valence-electron chi connectivity index (χ0n) is 5.30. The largest absolute Gasteiger partial charge is 0.320 e. The summed E-state index contributed by atoms with van der Waals surface area (Å²) < 4.78 is 0. The lowest BCUT2D eigenvalue weighted by atomic mass is 10.1. The Morgan fingerprint density at radius 3 is 2.11 bits per heavy atom. The number of hydrogen-bond acceptors (Lipinski definition) is 0. The summed E-state index contributed by atoms with van der Waals surface area (Å²) >= 11 is 0. The Balaban J connectivity index is 2.54. The van der Waals surface area contributed by atoms with E-state index >= 15 is 0 Å². The van der Waals surface area contributed by atoms with Crippen molar-refractivity contribution in [3.63, 3.8) is 0 Å². The van der Waals surface area contributed by atoms with E-state index in [1.807, 2.05) is 0 Å². The van der Waals surface area contributed by atoms with Gasteiger partial charge in [0.1, 0.15) is 0 Å². The lowest BCUT2D eigenvalue weighted by Crippen LogP contribution is -1.77. The minimum atomic E-state index is 1.18. The van der Waals surface area contributed by atoms with Gasteiger partial charge in [-0.3, -0.25) is 0 Å².